The number of sulfone groups is 1. The molecular formula is C13H14N2O3S. The number of carbonyl (C=O) groups excluding carboxylic acids is 1. The van der Waals surface area contributed by atoms with E-state index in [4.69, 9.17) is 0 Å². The highest BCUT2D eigenvalue weighted by Gasteiger charge is 2.26. The normalized spacial score (nSPS) is 18.6. The van der Waals surface area contributed by atoms with E-state index >= 15 is 0 Å². The number of hydrogen-bond donors (Lipinski definition) is 1. The second-order valence-corrected chi connectivity index (χ2v) is 7.02. The summed E-state index contributed by atoms with van der Waals surface area (Å²) in [4.78, 5) is 16.9. The quantitative estimate of drug-likeness (QED) is 0.847. The van der Waals surface area contributed by atoms with Crippen molar-refractivity contribution in [2.75, 3.05) is 24.6 Å². The van der Waals surface area contributed by atoms with Crippen LogP contribution in [0.1, 0.15) is 10.5 Å². The molecule has 0 spiro atoms. The highest BCUT2D eigenvalue weighted by molar-refractivity contribution is 7.91. The molecular weight excluding hydrogens is 264 g/mol. The lowest BCUT2D eigenvalue weighted by atomic mass is 10.2. The van der Waals surface area contributed by atoms with Crippen LogP contribution < -0.4 is 0 Å². The lowest BCUT2D eigenvalue weighted by Crippen LogP contribution is -2.43. The van der Waals surface area contributed by atoms with Gasteiger partial charge in [-0.2, -0.15) is 0 Å². The fourth-order valence-corrected chi connectivity index (χ4v) is 3.48. The Labute approximate surface area is 111 Å². The Hall–Kier alpha value is -1.82. The first-order chi connectivity index (χ1) is 9.05. The number of aromatic amines is 1. The molecule has 2 aromatic rings. The first-order valence-electron chi connectivity index (χ1n) is 6.13. The van der Waals surface area contributed by atoms with Crippen LogP contribution in [0.5, 0.6) is 0 Å². The van der Waals surface area contributed by atoms with Crippen molar-refractivity contribution in [1.29, 1.82) is 0 Å². The Morgan fingerprint density at radius 1 is 1.16 bits per heavy atom. The summed E-state index contributed by atoms with van der Waals surface area (Å²) >= 11 is 0. The molecule has 1 fully saturated rings. The van der Waals surface area contributed by atoms with Gasteiger partial charge in [0, 0.05) is 24.0 Å². The number of amides is 1. The third kappa shape index (κ3) is 2.35. The average Bonchev–Trinajstić information content (AvgIpc) is 2.81. The minimum absolute atomic E-state index is 0.0545. The highest BCUT2D eigenvalue weighted by Crippen LogP contribution is 2.17. The van der Waals surface area contributed by atoms with E-state index in [0.717, 1.165) is 10.9 Å². The molecule has 100 valence electrons. The molecule has 1 saturated heterocycles. The summed E-state index contributed by atoms with van der Waals surface area (Å²) in [6, 6.07) is 9.47. The molecule has 3 rings (SSSR count). The van der Waals surface area contributed by atoms with E-state index in [0.29, 0.717) is 5.69 Å². The van der Waals surface area contributed by atoms with Gasteiger partial charge >= 0.3 is 0 Å². The molecule has 19 heavy (non-hydrogen) atoms. The fourth-order valence-electron chi connectivity index (χ4n) is 2.27. The van der Waals surface area contributed by atoms with E-state index < -0.39 is 9.84 Å². The Morgan fingerprint density at radius 2 is 1.84 bits per heavy atom. The van der Waals surface area contributed by atoms with Crippen molar-refractivity contribution >= 4 is 26.6 Å². The SMILES string of the molecule is O=C(c1cc2ccccc2[nH]1)N1CCS(=O)(=O)CC1. The van der Waals surface area contributed by atoms with Crippen LogP contribution in [0.15, 0.2) is 30.3 Å². The van der Waals surface area contributed by atoms with Crippen LogP contribution in [0.2, 0.25) is 0 Å². The molecule has 0 aliphatic carbocycles. The zero-order valence-electron chi connectivity index (χ0n) is 10.3. The van der Waals surface area contributed by atoms with Crippen molar-refractivity contribution in [3.63, 3.8) is 0 Å². The highest BCUT2D eigenvalue weighted by atomic mass is 32.2. The molecule has 1 aliphatic rings. The van der Waals surface area contributed by atoms with Crippen molar-refractivity contribution in [1.82, 2.24) is 9.88 Å². The number of benzene rings is 1. The van der Waals surface area contributed by atoms with E-state index in [9.17, 15) is 13.2 Å². The van der Waals surface area contributed by atoms with Crippen molar-refractivity contribution in [2.24, 2.45) is 0 Å². The number of para-hydroxylation sites is 1. The monoisotopic (exact) mass is 278 g/mol. The number of aromatic nitrogens is 1. The maximum absolute atomic E-state index is 12.3. The number of nitrogens with one attached hydrogen (secondary N) is 1. The van der Waals surface area contributed by atoms with Crippen LogP contribution in [0, 0.1) is 0 Å². The van der Waals surface area contributed by atoms with Gasteiger partial charge < -0.3 is 9.88 Å². The number of H-pyrrole nitrogens is 1. The van der Waals surface area contributed by atoms with Gasteiger partial charge in [0.25, 0.3) is 5.91 Å². The van der Waals surface area contributed by atoms with Gasteiger partial charge in [-0.05, 0) is 12.1 Å². The van der Waals surface area contributed by atoms with Gasteiger partial charge in [-0.3, -0.25) is 4.79 Å². The molecule has 0 atom stereocenters. The van der Waals surface area contributed by atoms with Crippen LogP contribution in [0.3, 0.4) is 0 Å². The number of nitrogens with zero attached hydrogens (tertiary/aromatic N) is 1. The van der Waals surface area contributed by atoms with Crippen molar-refractivity contribution < 1.29 is 13.2 Å². The number of hydrogen-bond acceptors (Lipinski definition) is 3. The largest absolute Gasteiger partial charge is 0.351 e. The summed E-state index contributed by atoms with van der Waals surface area (Å²) < 4.78 is 22.7. The molecule has 0 unspecified atom stereocenters. The van der Waals surface area contributed by atoms with Crippen LogP contribution in [0.4, 0.5) is 0 Å². The van der Waals surface area contributed by atoms with E-state index in [-0.39, 0.29) is 30.5 Å². The summed E-state index contributed by atoms with van der Waals surface area (Å²) in [5.74, 6) is -0.0242. The maximum Gasteiger partial charge on any atom is 0.270 e. The van der Waals surface area contributed by atoms with Crippen LogP contribution in [-0.2, 0) is 9.84 Å². The minimum Gasteiger partial charge on any atom is -0.351 e. The molecule has 5 nitrogen and oxygen atoms in total. The molecule has 1 amide bonds. The molecule has 2 heterocycles. The summed E-state index contributed by atoms with van der Waals surface area (Å²) in [7, 11) is -2.96. The Bertz CT molecular complexity index is 686. The first-order valence-corrected chi connectivity index (χ1v) is 7.95. The number of fused-ring (bicyclic) bond motifs is 1. The molecule has 6 heteroatoms. The predicted octanol–water partition coefficient (Wildman–Crippen LogP) is 1.04. The standard InChI is InChI=1S/C13H14N2O3S/c16-13(15-5-7-19(17,18)8-6-15)12-9-10-3-1-2-4-11(10)14-12/h1-4,9,14H,5-8H2. The van der Waals surface area contributed by atoms with Gasteiger partial charge in [-0.15, -0.1) is 0 Å². The topological polar surface area (TPSA) is 70.2 Å². The lowest BCUT2D eigenvalue weighted by molar-refractivity contribution is 0.0765. The van der Waals surface area contributed by atoms with Crippen molar-refractivity contribution in [3.8, 4) is 0 Å². The molecule has 0 radical (unpaired) electrons. The molecule has 1 aromatic carbocycles. The summed E-state index contributed by atoms with van der Waals surface area (Å²) in [5.41, 5.74) is 1.43. The van der Waals surface area contributed by atoms with Gasteiger partial charge in [-0.25, -0.2) is 8.42 Å². The summed E-state index contributed by atoms with van der Waals surface area (Å²) in [6.07, 6.45) is 0. The fraction of sp³-hybridized carbons (Fsp3) is 0.308. The second kappa shape index (κ2) is 4.38. The summed E-state index contributed by atoms with van der Waals surface area (Å²) in [6.45, 7) is 0.549. The zero-order chi connectivity index (χ0) is 13.5. The third-order valence-corrected chi connectivity index (χ3v) is 5.00. The molecule has 0 saturated carbocycles. The smallest absolute Gasteiger partial charge is 0.270 e. The van der Waals surface area contributed by atoms with E-state index in [1.165, 1.54) is 0 Å². The minimum atomic E-state index is -2.96. The van der Waals surface area contributed by atoms with Crippen molar-refractivity contribution in [3.05, 3.63) is 36.0 Å². The van der Waals surface area contributed by atoms with Gasteiger partial charge in [0.1, 0.15) is 5.69 Å². The first kappa shape index (κ1) is 12.2. The van der Waals surface area contributed by atoms with Gasteiger partial charge in [0.05, 0.1) is 11.5 Å². The zero-order valence-corrected chi connectivity index (χ0v) is 11.1. The number of rotatable bonds is 1. The Morgan fingerprint density at radius 3 is 2.53 bits per heavy atom. The predicted molar refractivity (Wildman–Crippen MR) is 72.9 cm³/mol. The lowest BCUT2D eigenvalue weighted by Gasteiger charge is -2.26. The maximum atomic E-state index is 12.3. The third-order valence-electron chi connectivity index (χ3n) is 3.39. The average molecular weight is 278 g/mol. The van der Waals surface area contributed by atoms with Gasteiger partial charge in [0.15, 0.2) is 9.84 Å². The summed E-state index contributed by atoms with van der Waals surface area (Å²) in [5, 5.41) is 0.982. The van der Waals surface area contributed by atoms with Gasteiger partial charge in [-0.1, -0.05) is 18.2 Å². The molecule has 1 aromatic heterocycles. The molecule has 1 N–H and O–H groups in total. The van der Waals surface area contributed by atoms with Gasteiger partial charge in [0.2, 0.25) is 0 Å². The number of carbonyl (C=O) groups is 1. The van der Waals surface area contributed by atoms with Crippen LogP contribution in [0.25, 0.3) is 10.9 Å². The van der Waals surface area contributed by atoms with E-state index in [2.05, 4.69) is 4.98 Å². The van der Waals surface area contributed by atoms with E-state index in [1.807, 2.05) is 24.3 Å². The Kier molecular flexibility index (Phi) is 2.82. The Balaban J connectivity index is 1.84. The van der Waals surface area contributed by atoms with Crippen LogP contribution >= 0.6 is 0 Å². The van der Waals surface area contributed by atoms with Crippen LogP contribution in [-0.4, -0.2) is 48.8 Å². The van der Waals surface area contributed by atoms with Crippen molar-refractivity contribution in [2.45, 2.75) is 0 Å². The van der Waals surface area contributed by atoms with E-state index in [1.54, 1.807) is 11.0 Å². The second-order valence-electron chi connectivity index (χ2n) is 4.71. The molecule has 0 bridgehead atoms. The molecule has 1 aliphatic heterocycles.